The minimum Gasteiger partial charge on any atom is -0.369 e. The number of rotatable bonds is 6. The molecule has 20 heavy (non-hydrogen) atoms. The van der Waals surface area contributed by atoms with Gasteiger partial charge in [-0.25, -0.2) is 4.98 Å². The zero-order valence-corrected chi connectivity index (χ0v) is 13.0. The van der Waals surface area contributed by atoms with Gasteiger partial charge in [0.1, 0.15) is 11.6 Å². The predicted octanol–water partition coefficient (Wildman–Crippen LogP) is 3.56. The van der Waals surface area contributed by atoms with Crippen LogP contribution in [0.2, 0.25) is 10.0 Å². The molecule has 2 aromatic rings. The topological polar surface area (TPSA) is 54.8 Å². The van der Waals surface area contributed by atoms with Gasteiger partial charge in [0.2, 0.25) is 0 Å². The number of pyridine rings is 1. The fourth-order valence-corrected chi connectivity index (χ4v) is 2.20. The molecule has 2 rings (SSSR count). The number of aryl methyl sites for hydroxylation is 1. The predicted molar refractivity (Wildman–Crippen MR) is 83.6 cm³/mol. The Balaban J connectivity index is 2.09. The number of aromatic nitrogens is 3. The lowest BCUT2D eigenvalue weighted by Crippen LogP contribution is -2.06. The number of hydrogen-bond donors (Lipinski definition) is 2. The Morgan fingerprint density at radius 3 is 2.50 bits per heavy atom. The van der Waals surface area contributed by atoms with Crippen molar-refractivity contribution in [2.24, 2.45) is 7.05 Å². The number of nitrogens with one attached hydrogen (secondary N) is 2. The van der Waals surface area contributed by atoms with Crippen LogP contribution in [-0.4, -0.2) is 21.3 Å². The molecule has 2 aromatic heterocycles. The number of nitrogens with zero attached hydrogens (tertiary/aromatic N) is 3. The average molecular weight is 314 g/mol. The second kappa shape index (κ2) is 6.81. The van der Waals surface area contributed by atoms with Crippen LogP contribution in [0, 0.1) is 0 Å². The van der Waals surface area contributed by atoms with E-state index in [1.807, 2.05) is 13.2 Å². The Morgan fingerprint density at radius 1 is 1.20 bits per heavy atom. The van der Waals surface area contributed by atoms with Gasteiger partial charge in [0.05, 0.1) is 16.2 Å². The van der Waals surface area contributed by atoms with Crippen LogP contribution in [0.25, 0.3) is 0 Å². The highest BCUT2D eigenvalue weighted by molar-refractivity contribution is 6.37. The summed E-state index contributed by atoms with van der Waals surface area (Å²) >= 11 is 12.3. The summed E-state index contributed by atoms with van der Waals surface area (Å²) in [5.74, 6) is 1.25. The molecule has 0 fully saturated rings. The molecule has 0 aliphatic carbocycles. The highest BCUT2D eigenvalue weighted by Crippen LogP contribution is 2.29. The van der Waals surface area contributed by atoms with Crippen LogP contribution in [0.4, 0.5) is 11.6 Å². The molecule has 2 N–H and O–H groups in total. The smallest absolute Gasteiger partial charge is 0.147 e. The van der Waals surface area contributed by atoms with Crippen molar-refractivity contribution >= 4 is 34.8 Å². The second-order valence-corrected chi connectivity index (χ2v) is 5.27. The van der Waals surface area contributed by atoms with Crippen molar-refractivity contribution in [3.63, 3.8) is 0 Å². The summed E-state index contributed by atoms with van der Waals surface area (Å²) in [6.07, 6.45) is 4.74. The van der Waals surface area contributed by atoms with Gasteiger partial charge < -0.3 is 10.6 Å². The van der Waals surface area contributed by atoms with E-state index in [0.717, 1.165) is 18.5 Å². The quantitative estimate of drug-likeness (QED) is 0.856. The van der Waals surface area contributed by atoms with Gasteiger partial charge >= 0.3 is 0 Å². The van der Waals surface area contributed by atoms with Gasteiger partial charge in [-0.3, -0.25) is 4.68 Å². The lowest BCUT2D eigenvalue weighted by molar-refractivity contribution is 0.767. The van der Waals surface area contributed by atoms with E-state index in [9.17, 15) is 0 Å². The summed E-state index contributed by atoms with van der Waals surface area (Å²) in [5.41, 5.74) is 1.06. The maximum absolute atomic E-state index is 6.15. The first-order valence-electron chi connectivity index (χ1n) is 6.41. The number of anilines is 2. The summed E-state index contributed by atoms with van der Waals surface area (Å²) < 4.78 is 1.75. The van der Waals surface area contributed by atoms with Crippen molar-refractivity contribution in [2.75, 3.05) is 17.2 Å². The van der Waals surface area contributed by atoms with Crippen molar-refractivity contribution in [3.05, 3.63) is 34.1 Å². The molecule has 0 aliphatic rings. The Kier molecular flexibility index (Phi) is 5.09. The van der Waals surface area contributed by atoms with Gasteiger partial charge in [-0.2, -0.15) is 5.10 Å². The van der Waals surface area contributed by atoms with Gasteiger partial charge in [0.15, 0.2) is 0 Å². The van der Waals surface area contributed by atoms with Crippen LogP contribution < -0.4 is 10.6 Å². The normalized spacial score (nSPS) is 10.6. The molecule has 0 radical (unpaired) electrons. The third-order valence-electron chi connectivity index (χ3n) is 2.69. The summed E-state index contributed by atoms with van der Waals surface area (Å²) in [4.78, 5) is 4.42. The molecule has 7 heteroatoms. The van der Waals surface area contributed by atoms with Crippen molar-refractivity contribution in [2.45, 2.75) is 19.9 Å². The van der Waals surface area contributed by atoms with E-state index >= 15 is 0 Å². The Bertz CT molecular complexity index is 582. The number of hydrogen-bond acceptors (Lipinski definition) is 4. The molecule has 0 amide bonds. The van der Waals surface area contributed by atoms with Gasteiger partial charge in [-0.15, -0.1) is 0 Å². The summed E-state index contributed by atoms with van der Waals surface area (Å²) in [6, 6.07) is 1.69. The maximum Gasteiger partial charge on any atom is 0.147 e. The minimum atomic E-state index is 0.501. The third-order valence-corrected chi connectivity index (χ3v) is 3.27. The largest absolute Gasteiger partial charge is 0.369 e. The van der Waals surface area contributed by atoms with Crippen LogP contribution in [0.3, 0.4) is 0 Å². The van der Waals surface area contributed by atoms with Crippen molar-refractivity contribution in [1.82, 2.24) is 14.8 Å². The fraction of sp³-hybridized carbons (Fsp3) is 0.385. The molecular formula is C13H17Cl2N5. The fourth-order valence-electron chi connectivity index (χ4n) is 1.71. The van der Waals surface area contributed by atoms with Gasteiger partial charge in [-0.05, 0) is 12.5 Å². The molecule has 0 saturated carbocycles. The van der Waals surface area contributed by atoms with Crippen LogP contribution in [-0.2, 0) is 13.6 Å². The van der Waals surface area contributed by atoms with Crippen molar-refractivity contribution in [3.8, 4) is 0 Å². The molecule has 0 atom stereocenters. The van der Waals surface area contributed by atoms with Gasteiger partial charge in [0, 0.05) is 31.9 Å². The van der Waals surface area contributed by atoms with E-state index < -0.39 is 0 Å². The summed E-state index contributed by atoms with van der Waals surface area (Å²) in [6.45, 7) is 3.50. The van der Waals surface area contributed by atoms with E-state index in [1.165, 1.54) is 0 Å². The molecule has 0 saturated heterocycles. The highest BCUT2D eigenvalue weighted by Gasteiger charge is 2.09. The lowest BCUT2D eigenvalue weighted by Gasteiger charge is -2.11. The maximum atomic E-state index is 6.15. The van der Waals surface area contributed by atoms with E-state index in [1.54, 1.807) is 16.9 Å². The Hall–Kier alpha value is -1.46. The van der Waals surface area contributed by atoms with E-state index in [2.05, 4.69) is 27.6 Å². The van der Waals surface area contributed by atoms with Crippen molar-refractivity contribution < 1.29 is 0 Å². The van der Waals surface area contributed by atoms with Gasteiger partial charge in [0.25, 0.3) is 0 Å². The van der Waals surface area contributed by atoms with E-state index in [0.29, 0.717) is 28.2 Å². The standard InChI is InChI=1S/C13H17Cl2N5/c1-3-4-16-12-10(14)5-11(15)13(19-12)17-6-9-7-18-20(2)8-9/h5,7-8H,3-4,6H2,1-2H3,(H2,16,17,19). The molecule has 108 valence electrons. The molecular weight excluding hydrogens is 297 g/mol. The van der Waals surface area contributed by atoms with Crippen LogP contribution in [0.1, 0.15) is 18.9 Å². The monoisotopic (exact) mass is 313 g/mol. The Morgan fingerprint density at radius 2 is 1.90 bits per heavy atom. The number of halogens is 2. The summed E-state index contributed by atoms with van der Waals surface area (Å²) in [7, 11) is 1.88. The average Bonchev–Trinajstić information content (AvgIpc) is 2.82. The molecule has 0 unspecified atom stereocenters. The first kappa shape index (κ1) is 14.9. The SMILES string of the molecule is CCCNc1nc(NCc2cnn(C)c2)c(Cl)cc1Cl. The lowest BCUT2D eigenvalue weighted by atomic mass is 10.3. The molecule has 5 nitrogen and oxygen atoms in total. The first-order valence-corrected chi connectivity index (χ1v) is 7.17. The second-order valence-electron chi connectivity index (χ2n) is 4.45. The van der Waals surface area contributed by atoms with Gasteiger partial charge in [-0.1, -0.05) is 30.1 Å². The van der Waals surface area contributed by atoms with Crippen LogP contribution in [0.5, 0.6) is 0 Å². The van der Waals surface area contributed by atoms with E-state index in [-0.39, 0.29) is 0 Å². The third kappa shape index (κ3) is 3.77. The van der Waals surface area contributed by atoms with E-state index in [4.69, 9.17) is 23.2 Å². The molecule has 0 bridgehead atoms. The van der Waals surface area contributed by atoms with Crippen molar-refractivity contribution in [1.29, 1.82) is 0 Å². The molecule has 0 aliphatic heterocycles. The highest BCUT2D eigenvalue weighted by atomic mass is 35.5. The zero-order chi connectivity index (χ0) is 14.5. The Labute approximate surface area is 128 Å². The summed E-state index contributed by atoms with van der Waals surface area (Å²) in [5, 5.41) is 11.5. The molecule has 0 aromatic carbocycles. The molecule has 0 spiro atoms. The molecule has 2 heterocycles. The first-order chi connectivity index (χ1) is 9.60. The zero-order valence-electron chi connectivity index (χ0n) is 11.5. The van der Waals surface area contributed by atoms with Crippen LogP contribution >= 0.6 is 23.2 Å². The van der Waals surface area contributed by atoms with Crippen LogP contribution in [0.15, 0.2) is 18.5 Å². The minimum absolute atomic E-state index is 0.501.